The van der Waals surface area contributed by atoms with Gasteiger partial charge in [0.05, 0.1) is 14.2 Å². The Morgan fingerprint density at radius 2 is 1.76 bits per heavy atom. The van der Waals surface area contributed by atoms with E-state index in [1.54, 1.807) is 32.4 Å². The van der Waals surface area contributed by atoms with Crippen LogP contribution in [0.4, 0.5) is 0 Å². The Morgan fingerprint density at radius 3 is 2.59 bits per heavy atom. The minimum absolute atomic E-state index is 0.0452. The van der Waals surface area contributed by atoms with Crippen molar-refractivity contribution < 1.29 is 28.5 Å². The van der Waals surface area contributed by atoms with E-state index in [4.69, 9.17) is 23.7 Å². The molecule has 2 aliphatic rings. The maximum absolute atomic E-state index is 13.4. The minimum atomic E-state index is -0.0452. The van der Waals surface area contributed by atoms with Gasteiger partial charge in [0.15, 0.2) is 28.8 Å². The summed E-state index contributed by atoms with van der Waals surface area (Å²) in [5.74, 6) is 3.89. The molecule has 41 heavy (non-hydrogen) atoms. The van der Waals surface area contributed by atoms with E-state index in [9.17, 15) is 4.79 Å². The molecule has 6 rings (SSSR count). The maximum Gasteiger partial charge on any atom is 0.298 e. The molecule has 1 aromatic heterocycles. The molecule has 11 heteroatoms. The van der Waals surface area contributed by atoms with E-state index in [1.165, 1.54) is 0 Å². The fourth-order valence-electron chi connectivity index (χ4n) is 4.89. The molecule has 10 nitrogen and oxygen atoms in total. The summed E-state index contributed by atoms with van der Waals surface area (Å²) in [6, 6.07) is 19.0. The molecule has 0 unspecified atom stereocenters. The number of carbonyl (C=O) groups excluding carboxylic acids is 1. The van der Waals surface area contributed by atoms with Crippen molar-refractivity contribution in [3.05, 3.63) is 83.2 Å². The van der Waals surface area contributed by atoms with Crippen molar-refractivity contribution in [1.82, 2.24) is 19.2 Å². The van der Waals surface area contributed by atoms with Gasteiger partial charge in [-0.3, -0.25) is 9.69 Å². The first-order valence-electron chi connectivity index (χ1n) is 13.3. The van der Waals surface area contributed by atoms with Crippen LogP contribution in [0.3, 0.4) is 0 Å². The first kappa shape index (κ1) is 26.9. The molecule has 1 saturated heterocycles. The summed E-state index contributed by atoms with van der Waals surface area (Å²) in [6.07, 6.45) is 0.549. The SMILES string of the molecule is COc1cccc(Cc2nsc(Oc3cc(C(=O)N4CCN(Cc5ccc6c(c5)OCO6)CC4)ccc3OC)n2)c1. The van der Waals surface area contributed by atoms with Gasteiger partial charge in [0.25, 0.3) is 11.1 Å². The molecule has 0 radical (unpaired) electrons. The summed E-state index contributed by atoms with van der Waals surface area (Å²) < 4.78 is 32.2. The van der Waals surface area contributed by atoms with Gasteiger partial charge < -0.3 is 28.6 Å². The van der Waals surface area contributed by atoms with Crippen LogP contribution < -0.4 is 23.7 Å². The molecule has 1 amide bonds. The lowest BCUT2D eigenvalue weighted by Crippen LogP contribution is -2.48. The number of hydrogen-bond donors (Lipinski definition) is 0. The number of hydrogen-bond acceptors (Lipinski definition) is 10. The average Bonchev–Trinajstić information content (AvgIpc) is 3.66. The van der Waals surface area contributed by atoms with Gasteiger partial charge in [-0.15, -0.1) is 0 Å². The Bertz CT molecular complexity index is 1540. The molecule has 0 N–H and O–H groups in total. The normalized spacial score (nSPS) is 14.6. The summed E-state index contributed by atoms with van der Waals surface area (Å²) in [7, 11) is 3.21. The van der Waals surface area contributed by atoms with E-state index in [-0.39, 0.29) is 12.7 Å². The van der Waals surface area contributed by atoms with Crippen LogP contribution in [0.1, 0.15) is 27.3 Å². The lowest BCUT2D eigenvalue weighted by molar-refractivity contribution is 0.0628. The van der Waals surface area contributed by atoms with Gasteiger partial charge >= 0.3 is 0 Å². The molecule has 212 valence electrons. The third kappa shape index (κ3) is 6.21. The first-order valence-corrected chi connectivity index (χ1v) is 14.1. The summed E-state index contributed by atoms with van der Waals surface area (Å²) in [5, 5.41) is 0.378. The van der Waals surface area contributed by atoms with Crippen molar-refractivity contribution in [1.29, 1.82) is 0 Å². The van der Waals surface area contributed by atoms with E-state index in [1.807, 2.05) is 41.3 Å². The highest BCUT2D eigenvalue weighted by Crippen LogP contribution is 2.35. The van der Waals surface area contributed by atoms with Crippen molar-refractivity contribution in [3.8, 4) is 33.9 Å². The number of amides is 1. The summed E-state index contributed by atoms with van der Waals surface area (Å²) in [5.41, 5.74) is 2.73. The van der Waals surface area contributed by atoms with Crippen molar-refractivity contribution in [2.45, 2.75) is 13.0 Å². The molecule has 1 fully saturated rings. The predicted octanol–water partition coefficient (Wildman–Crippen LogP) is 4.63. The Balaban J connectivity index is 1.08. The molecule has 0 bridgehead atoms. The van der Waals surface area contributed by atoms with Crippen molar-refractivity contribution in [3.63, 3.8) is 0 Å². The van der Waals surface area contributed by atoms with Crippen LogP contribution in [0.2, 0.25) is 0 Å². The topological polar surface area (TPSA) is 95.5 Å². The number of carbonyl (C=O) groups is 1. The first-order chi connectivity index (χ1) is 20.1. The van der Waals surface area contributed by atoms with Crippen LogP contribution in [-0.4, -0.2) is 72.3 Å². The fraction of sp³-hybridized carbons (Fsp3) is 0.300. The lowest BCUT2D eigenvalue weighted by Gasteiger charge is -2.34. The van der Waals surface area contributed by atoms with Crippen molar-refractivity contribution in [2.75, 3.05) is 47.2 Å². The molecule has 3 heterocycles. The molecule has 0 spiro atoms. The summed E-state index contributed by atoms with van der Waals surface area (Å²) >= 11 is 1.16. The Morgan fingerprint density at radius 1 is 0.902 bits per heavy atom. The highest BCUT2D eigenvalue weighted by atomic mass is 32.1. The number of fused-ring (bicyclic) bond motifs is 1. The molecule has 3 aromatic carbocycles. The Kier molecular flexibility index (Phi) is 7.88. The highest BCUT2D eigenvalue weighted by Gasteiger charge is 2.24. The van der Waals surface area contributed by atoms with Gasteiger partial charge in [-0.1, -0.05) is 18.2 Å². The van der Waals surface area contributed by atoms with Gasteiger partial charge in [-0.25, -0.2) is 0 Å². The molecule has 2 aliphatic heterocycles. The standard InChI is InChI=1S/C30H30N4O6S/c1-36-23-5-3-4-20(14-23)16-28-31-30(41-32-28)40-27-17-22(7-9-24(27)37-2)29(35)34-12-10-33(11-13-34)18-21-6-8-25-26(15-21)39-19-38-25/h3-9,14-15,17H,10-13,16,18-19H2,1-2H3. The predicted molar refractivity (Wildman–Crippen MR) is 153 cm³/mol. The summed E-state index contributed by atoms with van der Waals surface area (Å²) in [4.78, 5) is 22.1. The highest BCUT2D eigenvalue weighted by molar-refractivity contribution is 7.07. The van der Waals surface area contributed by atoms with Crippen LogP contribution >= 0.6 is 11.5 Å². The zero-order valence-corrected chi connectivity index (χ0v) is 23.7. The minimum Gasteiger partial charge on any atom is -0.497 e. The lowest BCUT2D eigenvalue weighted by atomic mass is 10.1. The summed E-state index contributed by atoms with van der Waals surface area (Å²) in [6.45, 7) is 3.89. The maximum atomic E-state index is 13.4. The molecule has 0 atom stereocenters. The quantitative estimate of drug-likeness (QED) is 0.284. The van der Waals surface area contributed by atoms with Crippen LogP contribution in [-0.2, 0) is 13.0 Å². The monoisotopic (exact) mass is 574 g/mol. The fourth-order valence-corrected chi connectivity index (χ4v) is 5.45. The second-order valence-electron chi connectivity index (χ2n) is 9.73. The number of piperazine rings is 1. The Hall–Kier alpha value is -4.35. The number of methoxy groups -OCH3 is 2. The number of aromatic nitrogens is 2. The van der Waals surface area contributed by atoms with Crippen LogP contribution in [0.5, 0.6) is 33.9 Å². The van der Waals surface area contributed by atoms with Crippen LogP contribution in [0, 0.1) is 0 Å². The molecule has 4 aromatic rings. The van der Waals surface area contributed by atoms with E-state index in [0.29, 0.717) is 47.6 Å². The smallest absolute Gasteiger partial charge is 0.298 e. The van der Waals surface area contributed by atoms with Gasteiger partial charge in [-0.05, 0) is 53.6 Å². The number of nitrogens with zero attached hydrogens (tertiary/aromatic N) is 4. The van der Waals surface area contributed by atoms with Gasteiger partial charge in [0.1, 0.15) is 5.75 Å². The molecule has 0 aliphatic carbocycles. The number of ether oxygens (including phenoxy) is 5. The molecular formula is C30H30N4O6S. The Labute approximate surface area is 242 Å². The van der Waals surface area contributed by atoms with Crippen molar-refractivity contribution >= 4 is 17.4 Å². The van der Waals surface area contributed by atoms with Gasteiger partial charge in [-0.2, -0.15) is 9.36 Å². The number of benzene rings is 3. The molecular weight excluding hydrogens is 544 g/mol. The zero-order chi connectivity index (χ0) is 28.2. The van der Waals surface area contributed by atoms with E-state index in [0.717, 1.165) is 59.5 Å². The van der Waals surface area contributed by atoms with E-state index in [2.05, 4.69) is 20.3 Å². The second kappa shape index (κ2) is 12.0. The average molecular weight is 575 g/mol. The van der Waals surface area contributed by atoms with Gasteiger partial charge in [0, 0.05) is 56.2 Å². The van der Waals surface area contributed by atoms with Crippen LogP contribution in [0.25, 0.3) is 0 Å². The van der Waals surface area contributed by atoms with Crippen LogP contribution in [0.15, 0.2) is 60.7 Å². The van der Waals surface area contributed by atoms with E-state index < -0.39 is 0 Å². The third-order valence-corrected chi connectivity index (χ3v) is 7.69. The van der Waals surface area contributed by atoms with E-state index >= 15 is 0 Å². The molecule has 0 saturated carbocycles. The van der Waals surface area contributed by atoms with Gasteiger partial charge in [0.2, 0.25) is 6.79 Å². The third-order valence-electron chi connectivity index (χ3n) is 7.06. The largest absolute Gasteiger partial charge is 0.497 e. The second-order valence-corrected chi connectivity index (χ2v) is 10.4. The van der Waals surface area contributed by atoms with Crippen molar-refractivity contribution in [2.24, 2.45) is 0 Å². The number of rotatable bonds is 9. The zero-order valence-electron chi connectivity index (χ0n) is 22.9.